The van der Waals surface area contributed by atoms with E-state index in [-0.39, 0.29) is 0 Å². The van der Waals surface area contributed by atoms with Crippen LogP contribution in [0.15, 0.2) is 12.1 Å². The molecule has 0 aliphatic heterocycles. The Balaban J connectivity index is 2.18. The first kappa shape index (κ1) is 10.0. The summed E-state index contributed by atoms with van der Waals surface area (Å²) in [5.74, 6) is 1.72. The van der Waals surface area contributed by atoms with E-state index in [2.05, 4.69) is 6.07 Å². The predicted octanol–water partition coefficient (Wildman–Crippen LogP) is 2.96. The molecule has 0 spiro atoms. The maximum absolute atomic E-state index is 8.81. The topological polar surface area (TPSA) is 33.0 Å². The van der Waals surface area contributed by atoms with Gasteiger partial charge in [0.05, 0.1) is 18.2 Å². The molecule has 0 heterocycles. The molecule has 78 valence electrons. The highest BCUT2D eigenvalue weighted by molar-refractivity contribution is 5.47. The Morgan fingerprint density at radius 3 is 2.40 bits per heavy atom. The van der Waals surface area contributed by atoms with E-state index < -0.39 is 0 Å². The molecule has 0 atom stereocenters. The summed E-state index contributed by atoms with van der Waals surface area (Å²) in [6.07, 6.45) is 2.60. The molecule has 2 heteroatoms. The van der Waals surface area contributed by atoms with Crippen LogP contribution in [-0.2, 0) is 0 Å². The molecule has 1 saturated carbocycles. The van der Waals surface area contributed by atoms with Gasteiger partial charge < -0.3 is 4.74 Å². The number of rotatable bonds is 3. The summed E-state index contributed by atoms with van der Waals surface area (Å²) in [6.45, 7) is 4.82. The second-order valence-corrected chi connectivity index (χ2v) is 4.31. The van der Waals surface area contributed by atoms with Gasteiger partial charge in [-0.25, -0.2) is 0 Å². The predicted molar refractivity (Wildman–Crippen MR) is 58.9 cm³/mol. The van der Waals surface area contributed by atoms with Crippen LogP contribution in [0.4, 0.5) is 0 Å². The Kier molecular flexibility index (Phi) is 2.64. The summed E-state index contributed by atoms with van der Waals surface area (Å²) in [5.41, 5.74) is 2.84. The van der Waals surface area contributed by atoms with Gasteiger partial charge in [-0.1, -0.05) is 0 Å². The minimum Gasteiger partial charge on any atom is -0.493 e. The minimum absolute atomic E-state index is 0.712. The van der Waals surface area contributed by atoms with Crippen LogP contribution in [0.25, 0.3) is 0 Å². The Morgan fingerprint density at radius 2 is 1.93 bits per heavy atom. The number of aryl methyl sites for hydroxylation is 2. The van der Waals surface area contributed by atoms with Crippen molar-refractivity contribution in [3.63, 3.8) is 0 Å². The summed E-state index contributed by atoms with van der Waals surface area (Å²) in [6, 6.07) is 5.93. The van der Waals surface area contributed by atoms with E-state index in [0.29, 0.717) is 5.56 Å². The molecule has 1 aromatic rings. The molecular formula is C13H15NO. The van der Waals surface area contributed by atoms with Crippen LogP contribution in [-0.4, -0.2) is 6.61 Å². The average Bonchev–Trinajstić information content (AvgIpc) is 3.00. The van der Waals surface area contributed by atoms with Crippen molar-refractivity contribution in [2.24, 2.45) is 5.92 Å². The van der Waals surface area contributed by atoms with Crippen molar-refractivity contribution in [1.29, 1.82) is 5.26 Å². The van der Waals surface area contributed by atoms with Gasteiger partial charge in [0.15, 0.2) is 0 Å². The van der Waals surface area contributed by atoms with Crippen LogP contribution in [0.1, 0.15) is 29.5 Å². The monoisotopic (exact) mass is 201 g/mol. The maximum atomic E-state index is 8.81. The molecule has 1 aliphatic rings. The highest BCUT2D eigenvalue weighted by atomic mass is 16.5. The van der Waals surface area contributed by atoms with E-state index >= 15 is 0 Å². The van der Waals surface area contributed by atoms with Crippen molar-refractivity contribution in [3.05, 3.63) is 28.8 Å². The lowest BCUT2D eigenvalue weighted by molar-refractivity contribution is 0.296. The average molecular weight is 201 g/mol. The highest BCUT2D eigenvalue weighted by Gasteiger charge is 2.22. The van der Waals surface area contributed by atoms with Crippen LogP contribution in [0.3, 0.4) is 0 Å². The minimum atomic E-state index is 0.712. The van der Waals surface area contributed by atoms with Gasteiger partial charge >= 0.3 is 0 Å². The molecule has 2 nitrogen and oxygen atoms in total. The molecule has 0 saturated heterocycles. The van der Waals surface area contributed by atoms with Crippen molar-refractivity contribution in [3.8, 4) is 11.8 Å². The first-order chi connectivity index (χ1) is 7.20. The number of hydrogen-bond donors (Lipinski definition) is 0. The number of benzene rings is 1. The number of hydrogen-bond acceptors (Lipinski definition) is 2. The third kappa shape index (κ3) is 2.30. The lowest BCUT2D eigenvalue weighted by Gasteiger charge is -2.11. The normalized spacial score (nSPS) is 14.7. The first-order valence-corrected chi connectivity index (χ1v) is 5.35. The summed E-state index contributed by atoms with van der Waals surface area (Å²) in [7, 11) is 0. The quantitative estimate of drug-likeness (QED) is 0.753. The SMILES string of the molecule is Cc1cc(C#N)cc(C)c1OCC1CC1. The van der Waals surface area contributed by atoms with Gasteiger partial charge in [-0.3, -0.25) is 0 Å². The Hall–Kier alpha value is -1.49. The van der Waals surface area contributed by atoms with Gasteiger partial charge in [-0.15, -0.1) is 0 Å². The smallest absolute Gasteiger partial charge is 0.125 e. The van der Waals surface area contributed by atoms with Gasteiger partial charge in [-0.2, -0.15) is 5.26 Å². The lowest BCUT2D eigenvalue weighted by Crippen LogP contribution is -2.02. The number of ether oxygens (including phenoxy) is 1. The summed E-state index contributed by atoms with van der Waals surface area (Å²) in [5, 5.41) is 8.81. The number of nitrogens with zero attached hydrogens (tertiary/aromatic N) is 1. The zero-order chi connectivity index (χ0) is 10.8. The Bertz CT molecular complexity index is 390. The van der Waals surface area contributed by atoms with E-state index in [4.69, 9.17) is 10.00 Å². The van der Waals surface area contributed by atoms with E-state index in [1.807, 2.05) is 26.0 Å². The van der Waals surface area contributed by atoms with Crippen molar-refractivity contribution < 1.29 is 4.74 Å². The Morgan fingerprint density at radius 1 is 1.33 bits per heavy atom. The molecule has 0 N–H and O–H groups in total. The van der Waals surface area contributed by atoms with Crippen LogP contribution >= 0.6 is 0 Å². The van der Waals surface area contributed by atoms with Crippen LogP contribution in [0.5, 0.6) is 5.75 Å². The molecule has 2 rings (SSSR count). The summed E-state index contributed by atoms with van der Waals surface area (Å²) in [4.78, 5) is 0. The van der Waals surface area contributed by atoms with E-state index in [1.165, 1.54) is 12.8 Å². The third-order valence-corrected chi connectivity index (χ3v) is 2.75. The highest BCUT2D eigenvalue weighted by Crippen LogP contribution is 2.31. The molecule has 15 heavy (non-hydrogen) atoms. The summed E-state index contributed by atoms with van der Waals surface area (Å²) >= 11 is 0. The van der Waals surface area contributed by atoms with Crippen LogP contribution < -0.4 is 4.74 Å². The van der Waals surface area contributed by atoms with Crippen molar-refractivity contribution in [1.82, 2.24) is 0 Å². The van der Waals surface area contributed by atoms with E-state index in [1.54, 1.807) is 0 Å². The fraction of sp³-hybridized carbons (Fsp3) is 0.462. The van der Waals surface area contributed by atoms with Crippen molar-refractivity contribution in [2.75, 3.05) is 6.61 Å². The lowest BCUT2D eigenvalue weighted by atomic mass is 10.1. The molecule has 1 aliphatic carbocycles. The van der Waals surface area contributed by atoms with E-state index in [0.717, 1.165) is 29.4 Å². The Labute approximate surface area is 90.5 Å². The van der Waals surface area contributed by atoms with Gasteiger partial charge in [0, 0.05) is 0 Å². The van der Waals surface area contributed by atoms with Gasteiger partial charge in [0.1, 0.15) is 5.75 Å². The molecule has 0 unspecified atom stereocenters. The zero-order valence-electron chi connectivity index (χ0n) is 9.21. The molecule has 0 amide bonds. The largest absolute Gasteiger partial charge is 0.493 e. The fourth-order valence-electron chi connectivity index (χ4n) is 1.73. The zero-order valence-corrected chi connectivity index (χ0v) is 9.21. The fourth-order valence-corrected chi connectivity index (χ4v) is 1.73. The van der Waals surface area contributed by atoms with Crippen LogP contribution in [0, 0.1) is 31.1 Å². The summed E-state index contributed by atoms with van der Waals surface area (Å²) < 4.78 is 5.78. The molecule has 1 aromatic carbocycles. The molecular weight excluding hydrogens is 186 g/mol. The third-order valence-electron chi connectivity index (χ3n) is 2.75. The molecule has 1 fully saturated rings. The second kappa shape index (κ2) is 3.94. The van der Waals surface area contributed by atoms with Gasteiger partial charge in [0.25, 0.3) is 0 Å². The van der Waals surface area contributed by atoms with Gasteiger partial charge in [0.2, 0.25) is 0 Å². The van der Waals surface area contributed by atoms with E-state index in [9.17, 15) is 0 Å². The van der Waals surface area contributed by atoms with Crippen LogP contribution in [0.2, 0.25) is 0 Å². The second-order valence-electron chi connectivity index (χ2n) is 4.31. The van der Waals surface area contributed by atoms with Crippen molar-refractivity contribution in [2.45, 2.75) is 26.7 Å². The standard InChI is InChI=1S/C13H15NO/c1-9-5-12(7-14)6-10(2)13(9)15-8-11-3-4-11/h5-6,11H,3-4,8H2,1-2H3. The molecule has 0 bridgehead atoms. The molecule has 0 aromatic heterocycles. The number of nitriles is 1. The molecule has 0 radical (unpaired) electrons. The maximum Gasteiger partial charge on any atom is 0.125 e. The first-order valence-electron chi connectivity index (χ1n) is 5.35. The van der Waals surface area contributed by atoms with Gasteiger partial charge in [-0.05, 0) is 55.9 Å². The van der Waals surface area contributed by atoms with Crippen molar-refractivity contribution >= 4 is 0 Å².